The van der Waals surface area contributed by atoms with Gasteiger partial charge in [-0.25, -0.2) is 4.79 Å². The number of fused-ring (bicyclic) bond motifs is 5. The summed E-state index contributed by atoms with van der Waals surface area (Å²) in [5.41, 5.74) is 1.04. The summed E-state index contributed by atoms with van der Waals surface area (Å²) in [6, 6.07) is 6.53. The first-order valence-corrected chi connectivity index (χ1v) is 16.9. The first kappa shape index (κ1) is 31.8. The smallest absolute Gasteiger partial charge is 0.331 e. The SMILES string of the molecule is CC1(C)CCC2(CCC3(C)C(=CCC4C5(C)CC(O)C(OC(=O)C=Cc6ccc(O)cc6)C(C)(CO)C5CCC43C)C2O)C1. The average molecular weight is 607 g/mol. The van der Waals surface area contributed by atoms with Gasteiger partial charge in [-0.15, -0.1) is 0 Å². The van der Waals surface area contributed by atoms with Crippen LogP contribution in [0.3, 0.4) is 0 Å². The maximum Gasteiger partial charge on any atom is 0.331 e. The molecule has 0 radical (unpaired) electrons. The van der Waals surface area contributed by atoms with Gasteiger partial charge >= 0.3 is 5.97 Å². The molecule has 44 heavy (non-hydrogen) atoms. The predicted octanol–water partition coefficient (Wildman–Crippen LogP) is 6.81. The van der Waals surface area contributed by atoms with Crippen LogP contribution in [-0.2, 0) is 9.53 Å². The van der Waals surface area contributed by atoms with Gasteiger partial charge in [0.25, 0.3) is 0 Å². The van der Waals surface area contributed by atoms with Crippen molar-refractivity contribution in [2.24, 2.45) is 44.3 Å². The van der Waals surface area contributed by atoms with Gasteiger partial charge in [-0.3, -0.25) is 0 Å². The summed E-state index contributed by atoms with van der Waals surface area (Å²) in [6.07, 6.45) is 11.9. The molecule has 10 unspecified atom stereocenters. The highest BCUT2D eigenvalue weighted by atomic mass is 16.6. The van der Waals surface area contributed by atoms with Crippen molar-refractivity contribution in [1.82, 2.24) is 0 Å². The van der Waals surface area contributed by atoms with Gasteiger partial charge in [0.15, 0.2) is 0 Å². The van der Waals surface area contributed by atoms with Crippen LogP contribution in [0, 0.1) is 44.3 Å². The molecule has 0 amide bonds. The number of rotatable bonds is 4. The number of phenols is 1. The lowest BCUT2D eigenvalue weighted by molar-refractivity contribution is -0.249. The zero-order valence-corrected chi connectivity index (χ0v) is 27.6. The number of hydrogen-bond donors (Lipinski definition) is 4. The molecular formula is C38H54O6. The number of aliphatic hydroxyl groups excluding tert-OH is 3. The van der Waals surface area contributed by atoms with E-state index < -0.39 is 29.7 Å². The van der Waals surface area contributed by atoms with E-state index in [0.29, 0.717) is 6.42 Å². The minimum Gasteiger partial charge on any atom is -0.508 e. The summed E-state index contributed by atoms with van der Waals surface area (Å²) < 4.78 is 5.97. The van der Waals surface area contributed by atoms with Crippen LogP contribution in [0.1, 0.15) is 105 Å². The molecule has 4 fully saturated rings. The van der Waals surface area contributed by atoms with Crippen molar-refractivity contribution in [3.8, 4) is 5.75 Å². The summed E-state index contributed by atoms with van der Waals surface area (Å²) in [6.45, 7) is 13.7. The highest BCUT2D eigenvalue weighted by molar-refractivity contribution is 5.87. The van der Waals surface area contributed by atoms with E-state index in [2.05, 4.69) is 40.7 Å². The molecule has 0 bridgehead atoms. The molecule has 5 aliphatic carbocycles. The number of benzene rings is 1. The first-order valence-electron chi connectivity index (χ1n) is 16.9. The van der Waals surface area contributed by atoms with E-state index in [1.54, 1.807) is 30.3 Å². The molecule has 4 saturated carbocycles. The third-order valence-corrected chi connectivity index (χ3v) is 14.2. The van der Waals surface area contributed by atoms with Crippen LogP contribution in [0.4, 0.5) is 0 Å². The lowest BCUT2D eigenvalue weighted by atomic mass is 9.34. The van der Waals surface area contributed by atoms with Crippen LogP contribution < -0.4 is 0 Å². The average Bonchev–Trinajstić information content (AvgIpc) is 3.28. The van der Waals surface area contributed by atoms with Gasteiger partial charge in [0.2, 0.25) is 0 Å². The lowest BCUT2D eigenvalue weighted by Crippen LogP contribution is -2.68. The number of esters is 1. The van der Waals surface area contributed by atoms with Gasteiger partial charge in [-0.1, -0.05) is 59.8 Å². The minimum absolute atomic E-state index is 0.0105. The van der Waals surface area contributed by atoms with E-state index in [0.717, 1.165) is 50.5 Å². The van der Waals surface area contributed by atoms with Gasteiger partial charge in [0.05, 0.1) is 18.8 Å². The molecule has 5 aliphatic rings. The Hall–Kier alpha value is -2.15. The number of phenolic OH excluding ortho intramolecular Hbond substituents is 1. The predicted molar refractivity (Wildman–Crippen MR) is 171 cm³/mol. The summed E-state index contributed by atoms with van der Waals surface area (Å²) in [7, 11) is 0. The van der Waals surface area contributed by atoms with Crippen molar-refractivity contribution >= 4 is 12.0 Å². The molecule has 4 N–H and O–H groups in total. The molecule has 1 aromatic carbocycles. The second-order valence-electron chi connectivity index (χ2n) is 17.1. The van der Waals surface area contributed by atoms with E-state index in [-0.39, 0.29) is 51.3 Å². The zero-order chi connectivity index (χ0) is 31.9. The largest absolute Gasteiger partial charge is 0.508 e. The number of allylic oxidation sites excluding steroid dienone is 1. The van der Waals surface area contributed by atoms with E-state index in [4.69, 9.17) is 4.74 Å². The summed E-state index contributed by atoms with van der Waals surface area (Å²) in [4.78, 5) is 13.0. The number of carbonyl (C=O) groups excluding carboxylic acids is 1. The van der Waals surface area contributed by atoms with E-state index >= 15 is 0 Å². The molecule has 6 nitrogen and oxygen atoms in total. The number of carbonyl (C=O) groups is 1. The Bertz CT molecular complexity index is 1350. The molecule has 1 aromatic rings. The number of ether oxygens (including phenoxy) is 1. The Morgan fingerprint density at radius 2 is 1.64 bits per heavy atom. The van der Waals surface area contributed by atoms with Crippen LogP contribution in [-0.4, -0.2) is 51.3 Å². The van der Waals surface area contributed by atoms with Crippen molar-refractivity contribution in [2.75, 3.05) is 6.61 Å². The van der Waals surface area contributed by atoms with Crippen molar-refractivity contribution in [2.45, 2.75) is 118 Å². The topological polar surface area (TPSA) is 107 Å². The van der Waals surface area contributed by atoms with Crippen molar-refractivity contribution in [3.05, 3.63) is 47.6 Å². The molecule has 0 aliphatic heterocycles. The van der Waals surface area contributed by atoms with Crippen LogP contribution in [0.2, 0.25) is 0 Å². The fourth-order valence-corrected chi connectivity index (χ4v) is 11.8. The third kappa shape index (κ3) is 4.56. The minimum atomic E-state index is -0.902. The molecule has 10 atom stereocenters. The Labute approximate surface area is 263 Å². The number of aliphatic hydroxyl groups is 3. The van der Waals surface area contributed by atoms with Crippen LogP contribution >= 0.6 is 0 Å². The van der Waals surface area contributed by atoms with Gasteiger partial charge < -0.3 is 25.2 Å². The van der Waals surface area contributed by atoms with Crippen molar-refractivity contribution < 1.29 is 30.0 Å². The summed E-state index contributed by atoms with van der Waals surface area (Å²) >= 11 is 0. The Balaban J connectivity index is 1.27. The first-order chi connectivity index (χ1) is 20.5. The molecule has 6 rings (SSSR count). The van der Waals surface area contributed by atoms with Gasteiger partial charge in [0.1, 0.15) is 11.9 Å². The van der Waals surface area contributed by atoms with Gasteiger partial charge in [0, 0.05) is 16.9 Å². The summed E-state index contributed by atoms with van der Waals surface area (Å²) in [5, 5.41) is 44.2. The molecule has 0 saturated heterocycles. The fraction of sp³-hybridized carbons (Fsp3) is 0.711. The maximum atomic E-state index is 13.0. The molecular weight excluding hydrogens is 552 g/mol. The van der Waals surface area contributed by atoms with Crippen LogP contribution in [0.5, 0.6) is 5.75 Å². The molecule has 1 spiro atoms. The highest BCUT2D eigenvalue weighted by Crippen LogP contribution is 2.75. The van der Waals surface area contributed by atoms with E-state index in [9.17, 15) is 25.2 Å². The van der Waals surface area contributed by atoms with Crippen LogP contribution in [0.25, 0.3) is 6.08 Å². The van der Waals surface area contributed by atoms with Gasteiger partial charge in [-0.05, 0) is 121 Å². The normalized spacial score (nSPS) is 46.2. The number of hydrogen-bond acceptors (Lipinski definition) is 6. The monoisotopic (exact) mass is 606 g/mol. The van der Waals surface area contributed by atoms with Crippen molar-refractivity contribution in [3.63, 3.8) is 0 Å². The molecule has 242 valence electrons. The zero-order valence-electron chi connectivity index (χ0n) is 27.6. The second-order valence-corrected chi connectivity index (χ2v) is 17.1. The molecule has 0 aromatic heterocycles. The Morgan fingerprint density at radius 3 is 2.27 bits per heavy atom. The maximum absolute atomic E-state index is 13.0. The molecule has 0 heterocycles. The number of aromatic hydroxyl groups is 1. The summed E-state index contributed by atoms with van der Waals surface area (Å²) in [5.74, 6) is -0.0609. The third-order valence-electron chi connectivity index (χ3n) is 14.2. The van der Waals surface area contributed by atoms with E-state index in [1.165, 1.54) is 18.1 Å². The Kier molecular flexibility index (Phi) is 7.54. The van der Waals surface area contributed by atoms with E-state index in [1.807, 2.05) is 6.92 Å². The highest BCUT2D eigenvalue weighted by Gasteiger charge is 2.70. The Morgan fingerprint density at radius 1 is 0.955 bits per heavy atom. The van der Waals surface area contributed by atoms with Gasteiger partial charge in [-0.2, -0.15) is 0 Å². The van der Waals surface area contributed by atoms with Crippen molar-refractivity contribution in [1.29, 1.82) is 0 Å². The fourth-order valence-electron chi connectivity index (χ4n) is 11.8. The van der Waals surface area contributed by atoms with Crippen LogP contribution in [0.15, 0.2) is 42.0 Å². The quantitative estimate of drug-likeness (QED) is 0.171. The standard InChI is InChI=1S/C38H54O6/c1-33(2)17-19-38(22-33)20-18-36(5)26(31(38)43)12-13-29-34(3)21-27(41)32(35(4,23-39)28(34)15-16-37(29,36)6)44-30(42)14-9-24-7-10-25(40)11-8-24/h7-12,14,27-29,31-32,39-41,43H,13,15-23H2,1-6H3. The molecule has 6 heteroatoms. The lowest BCUT2D eigenvalue weighted by Gasteiger charge is -2.71. The second kappa shape index (κ2) is 10.4.